The molecule has 1 saturated heterocycles. The normalized spacial score (nSPS) is 43.0. The lowest BCUT2D eigenvalue weighted by atomic mass is 9.80. The maximum absolute atomic E-state index is 10.1. The Kier molecular flexibility index (Phi) is 5.01. The monoisotopic (exact) mass is 257 g/mol. The molecule has 1 heterocycles. The summed E-state index contributed by atoms with van der Waals surface area (Å²) < 4.78 is 5.65. The molecule has 1 aliphatic carbocycles. The Morgan fingerprint density at radius 3 is 2.72 bits per heavy atom. The first-order valence-corrected chi connectivity index (χ1v) is 7.25. The molecule has 0 aromatic carbocycles. The first-order chi connectivity index (χ1) is 8.58. The molecule has 0 aromatic heterocycles. The highest BCUT2D eigenvalue weighted by Gasteiger charge is 2.31. The van der Waals surface area contributed by atoms with E-state index in [0.717, 1.165) is 44.8 Å². The predicted molar refractivity (Wildman–Crippen MR) is 70.4 cm³/mol. The van der Waals surface area contributed by atoms with Gasteiger partial charge in [0.2, 0.25) is 0 Å². The minimum atomic E-state index is -0.146. The summed E-state index contributed by atoms with van der Waals surface area (Å²) in [5.74, 6) is 1.11. The average molecular weight is 257 g/mol. The maximum atomic E-state index is 10.1. The van der Waals surface area contributed by atoms with E-state index in [4.69, 9.17) is 4.74 Å². The van der Waals surface area contributed by atoms with Crippen molar-refractivity contribution in [3.8, 4) is 0 Å². The van der Waals surface area contributed by atoms with Crippen molar-refractivity contribution in [2.75, 3.05) is 26.2 Å². The van der Waals surface area contributed by atoms with E-state index in [1.807, 2.05) is 0 Å². The number of ether oxygens (including phenoxy) is 1. The molecule has 1 aliphatic heterocycles. The van der Waals surface area contributed by atoms with Crippen molar-refractivity contribution >= 4 is 0 Å². The first-order valence-electron chi connectivity index (χ1n) is 7.25. The summed E-state index contributed by atoms with van der Waals surface area (Å²) >= 11 is 0. The van der Waals surface area contributed by atoms with Crippen molar-refractivity contribution in [3.05, 3.63) is 0 Å². The van der Waals surface area contributed by atoms with Crippen LogP contribution in [0.15, 0.2) is 0 Å². The zero-order chi connectivity index (χ0) is 13.1. The van der Waals surface area contributed by atoms with Gasteiger partial charge in [-0.15, -0.1) is 0 Å². The Hall–Kier alpha value is -0.160. The number of aliphatic hydroxyl groups excluding tert-OH is 2. The van der Waals surface area contributed by atoms with E-state index in [0.29, 0.717) is 5.92 Å². The van der Waals surface area contributed by atoms with Gasteiger partial charge in [-0.3, -0.25) is 4.90 Å². The Morgan fingerprint density at radius 2 is 2.00 bits per heavy atom. The fourth-order valence-corrected chi connectivity index (χ4v) is 3.40. The Balaban J connectivity index is 1.87. The Labute approximate surface area is 110 Å². The first kappa shape index (κ1) is 14.3. The van der Waals surface area contributed by atoms with Gasteiger partial charge in [0.1, 0.15) is 0 Å². The fourth-order valence-electron chi connectivity index (χ4n) is 3.40. The van der Waals surface area contributed by atoms with Crippen LogP contribution in [0.5, 0.6) is 0 Å². The van der Waals surface area contributed by atoms with Crippen molar-refractivity contribution in [3.63, 3.8) is 0 Å². The van der Waals surface area contributed by atoms with Crippen molar-refractivity contribution in [1.29, 1.82) is 0 Å². The smallest absolute Gasteiger partial charge is 0.0936 e. The summed E-state index contributed by atoms with van der Waals surface area (Å²) in [7, 11) is 0. The van der Waals surface area contributed by atoms with Crippen LogP contribution in [-0.2, 0) is 4.74 Å². The molecular weight excluding hydrogens is 230 g/mol. The van der Waals surface area contributed by atoms with Crippen molar-refractivity contribution in [1.82, 2.24) is 4.90 Å². The highest BCUT2D eigenvalue weighted by atomic mass is 16.5. The van der Waals surface area contributed by atoms with Crippen LogP contribution in [0.1, 0.15) is 33.1 Å². The number of hydrogen-bond acceptors (Lipinski definition) is 4. The van der Waals surface area contributed by atoms with Crippen LogP contribution in [0.2, 0.25) is 0 Å². The second-order valence-corrected chi connectivity index (χ2v) is 6.22. The number of nitrogens with zero attached hydrogens (tertiary/aromatic N) is 1. The predicted octanol–water partition coefficient (Wildman–Crippen LogP) is 0.865. The number of rotatable bonds is 3. The topological polar surface area (TPSA) is 52.9 Å². The lowest BCUT2D eigenvalue weighted by Gasteiger charge is -2.40. The molecule has 2 fully saturated rings. The maximum Gasteiger partial charge on any atom is 0.0936 e. The van der Waals surface area contributed by atoms with Gasteiger partial charge in [-0.25, -0.2) is 0 Å². The zero-order valence-electron chi connectivity index (χ0n) is 11.6. The van der Waals surface area contributed by atoms with E-state index < -0.39 is 0 Å². The molecule has 1 saturated carbocycles. The van der Waals surface area contributed by atoms with E-state index >= 15 is 0 Å². The lowest BCUT2D eigenvalue weighted by molar-refractivity contribution is -0.103. The van der Waals surface area contributed by atoms with Crippen molar-refractivity contribution in [2.24, 2.45) is 11.8 Å². The van der Waals surface area contributed by atoms with Crippen LogP contribution in [0.3, 0.4) is 0 Å². The standard InChI is InChI=1S/C14H27NO3/c1-10-3-4-14(17)12(5-10)7-15-6-11(2)18-13(8-15)9-16/h10-14,16-17H,3-9H2,1-2H3. The van der Waals surface area contributed by atoms with Gasteiger partial charge in [0.25, 0.3) is 0 Å². The summed E-state index contributed by atoms with van der Waals surface area (Å²) in [5.41, 5.74) is 0. The lowest BCUT2D eigenvalue weighted by Crippen LogP contribution is -2.50. The molecule has 2 N–H and O–H groups in total. The third-order valence-corrected chi connectivity index (χ3v) is 4.30. The van der Waals surface area contributed by atoms with Crippen LogP contribution in [-0.4, -0.2) is 59.7 Å². The van der Waals surface area contributed by atoms with E-state index in [1.165, 1.54) is 0 Å². The summed E-state index contributed by atoms with van der Waals surface area (Å²) in [4.78, 5) is 2.35. The van der Waals surface area contributed by atoms with Crippen molar-refractivity contribution in [2.45, 2.75) is 51.4 Å². The van der Waals surface area contributed by atoms with Crippen LogP contribution in [0.4, 0.5) is 0 Å². The van der Waals surface area contributed by atoms with E-state index in [9.17, 15) is 10.2 Å². The van der Waals surface area contributed by atoms with E-state index in [2.05, 4.69) is 18.7 Å². The number of morpholine rings is 1. The molecule has 4 nitrogen and oxygen atoms in total. The third kappa shape index (κ3) is 3.67. The molecule has 5 atom stereocenters. The van der Waals surface area contributed by atoms with Crippen LogP contribution >= 0.6 is 0 Å². The molecule has 4 heteroatoms. The highest BCUT2D eigenvalue weighted by Crippen LogP contribution is 2.30. The molecule has 106 valence electrons. The molecule has 0 bridgehead atoms. The van der Waals surface area contributed by atoms with Gasteiger partial charge in [0.15, 0.2) is 0 Å². The highest BCUT2D eigenvalue weighted by molar-refractivity contribution is 4.83. The molecule has 0 spiro atoms. The van der Waals surface area contributed by atoms with Gasteiger partial charge < -0.3 is 14.9 Å². The third-order valence-electron chi connectivity index (χ3n) is 4.30. The SMILES string of the molecule is CC1CCC(O)C(CN2CC(C)OC(CO)C2)C1. The van der Waals surface area contributed by atoms with E-state index in [1.54, 1.807) is 0 Å². The van der Waals surface area contributed by atoms with Crippen LogP contribution in [0.25, 0.3) is 0 Å². The largest absolute Gasteiger partial charge is 0.394 e. The summed E-state index contributed by atoms with van der Waals surface area (Å²) in [5, 5.41) is 19.3. The van der Waals surface area contributed by atoms with Gasteiger partial charge in [-0.2, -0.15) is 0 Å². The summed E-state index contributed by atoms with van der Waals surface area (Å²) in [6.07, 6.45) is 3.18. The molecule has 0 radical (unpaired) electrons. The number of hydrogen-bond donors (Lipinski definition) is 2. The van der Waals surface area contributed by atoms with Gasteiger partial charge in [-0.05, 0) is 38.0 Å². The summed E-state index contributed by atoms with van der Waals surface area (Å²) in [6, 6.07) is 0. The molecular formula is C14H27NO3. The van der Waals surface area contributed by atoms with Crippen molar-refractivity contribution < 1.29 is 14.9 Å². The van der Waals surface area contributed by atoms with Gasteiger partial charge >= 0.3 is 0 Å². The minimum absolute atomic E-state index is 0.0630. The molecule has 18 heavy (non-hydrogen) atoms. The summed E-state index contributed by atoms with van der Waals surface area (Å²) in [6.45, 7) is 7.05. The zero-order valence-corrected chi connectivity index (χ0v) is 11.6. The van der Waals surface area contributed by atoms with E-state index in [-0.39, 0.29) is 24.9 Å². The Morgan fingerprint density at radius 1 is 1.22 bits per heavy atom. The minimum Gasteiger partial charge on any atom is -0.394 e. The van der Waals surface area contributed by atoms with Gasteiger partial charge in [0.05, 0.1) is 24.9 Å². The second-order valence-electron chi connectivity index (χ2n) is 6.22. The van der Waals surface area contributed by atoms with Gasteiger partial charge in [-0.1, -0.05) is 6.92 Å². The van der Waals surface area contributed by atoms with Gasteiger partial charge in [0, 0.05) is 19.6 Å². The molecule has 2 rings (SSSR count). The quantitative estimate of drug-likeness (QED) is 0.787. The molecule has 2 aliphatic rings. The average Bonchev–Trinajstić information content (AvgIpc) is 2.33. The second kappa shape index (κ2) is 6.33. The number of aliphatic hydroxyl groups is 2. The van der Waals surface area contributed by atoms with Crippen LogP contribution < -0.4 is 0 Å². The van der Waals surface area contributed by atoms with Crippen LogP contribution in [0, 0.1) is 11.8 Å². The molecule has 0 amide bonds. The fraction of sp³-hybridized carbons (Fsp3) is 1.00. The Bertz CT molecular complexity index is 261. The molecule has 0 aromatic rings. The molecule has 5 unspecified atom stereocenters.